The second-order valence-electron chi connectivity index (χ2n) is 5.02. The average molecular weight is 326 g/mol. The minimum absolute atomic E-state index is 0.0152. The van der Waals surface area contributed by atoms with Crippen molar-refractivity contribution in [3.05, 3.63) is 70.5 Å². The molecule has 0 bridgehead atoms. The number of nitrogens with zero attached hydrogens (tertiary/aromatic N) is 1. The number of urea groups is 1. The summed E-state index contributed by atoms with van der Waals surface area (Å²) in [5.41, 5.74) is 6.71. The molecule has 0 saturated heterocycles. The van der Waals surface area contributed by atoms with Crippen molar-refractivity contribution in [1.29, 1.82) is 5.26 Å². The van der Waals surface area contributed by atoms with E-state index in [1.54, 1.807) is 24.3 Å². The Kier molecular flexibility index (Phi) is 5.47. The molecule has 7 heteroatoms. The number of carbonyl (C=O) groups excluding carboxylic acids is 2. The third-order valence-electron chi connectivity index (χ3n) is 3.30. The first-order chi connectivity index (χ1) is 11.5. The lowest BCUT2D eigenvalue weighted by atomic mass is 10.1. The van der Waals surface area contributed by atoms with Crippen LogP contribution in [0.4, 0.5) is 9.18 Å². The van der Waals surface area contributed by atoms with Gasteiger partial charge in [0.05, 0.1) is 11.6 Å². The van der Waals surface area contributed by atoms with Crippen LogP contribution in [0.15, 0.2) is 42.5 Å². The van der Waals surface area contributed by atoms with Crippen molar-refractivity contribution in [2.75, 3.05) is 0 Å². The van der Waals surface area contributed by atoms with Crippen LogP contribution in [0.1, 0.15) is 27.0 Å². The van der Waals surface area contributed by atoms with Gasteiger partial charge in [0.1, 0.15) is 5.82 Å². The molecular formula is C17H15FN4O2. The standard InChI is InChI=1S/C17H15FN4O2/c18-15-7-12(8-19)3-6-14(15)10-21-16(23)13-4-1-11(2-5-13)9-22-17(20)24/h1-7H,9-10H2,(H,21,23)(H3,20,22,24). The Balaban J connectivity index is 1.95. The van der Waals surface area contributed by atoms with Crippen LogP contribution in [0.25, 0.3) is 0 Å². The molecule has 2 aromatic rings. The fourth-order valence-corrected chi connectivity index (χ4v) is 2.00. The molecule has 3 amide bonds. The van der Waals surface area contributed by atoms with Crippen LogP contribution in [-0.4, -0.2) is 11.9 Å². The molecule has 2 rings (SSSR count). The number of hydrogen-bond donors (Lipinski definition) is 3. The molecule has 0 fully saturated rings. The van der Waals surface area contributed by atoms with Crippen molar-refractivity contribution in [2.45, 2.75) is 13.1 Å². The van der Waals surface area contributed by atoms with Crippen molar-refractivity contribution < 1.29 is 14.0 Å². The van der Waals surface area contributed by atoms with Crippen molar-refractivity contribution in [1.82, 2.24) is 10.6 Å². The second-order valence-corrected chi connectivity index (χ2v) is 5.02. The number of nitriles is 1. The Hall–Kier alpha value is -3.40. The lowest BCUT2D eigenvalue weighted by Crippen LogP contribution is -2.28. The lowest BCUT2D eigenvalue weighted by Gasteiger charge is -2.08. The highest BCUT2D eigenvalue weighted by Crippen LogP contribution is 2.10. The van der Waals surface area contributed by atoms with Gasteiger partial charge in [-0.3, -0.25) is 4.79 Å². The summed E-state index contributed by atoms with van der Waals surface area (Å²) < 4.78 is 13.7. The second kappa shape index (κ2) is 7.74. The van der Waals surface area contributed by atoms with E-state index in [-0.39, 0.29) is 24.6 Å². The minimum Gasteiger partial charge on any atom is -0.352 e. The predicted molar refractivity (Wildman–Crippen MR) is 85.2 cm³/mol. The monoisotopic (exact) mass is 326 g/mol. The lowest BCUT2D eigenvalue weighted by molar-refractivity contribution is 0.0950. The maximum Gasteiger partial charge on any atom is 0.312 e. The van der Waals surface area contributed by atoms with E-state index >= 15 is 0 Å². The molecule has 0 aliphatic rings. The van der Waals surface area contributed by atoms with E-state index in [9.17, 15) is 14.0 Å². The van der Waals surface area contributed by atoms with Crippen LogP contribution < -0.4 is 16.4 Å². The first kappa shape index (κ1) is 17.0. The fourth-order valence-electron chi connectivity index (χ4n) is 2.00. The summed E-state index contributed by atoms with van der Waals surface area (Å²) in [5, 5.41) is 13.8. The summed E-state index contributed by atoms with van der Waals surface area (Å²) in [6, 6.07) is 11.9. The van der Waals surface area contributed by atoms with E-state index in [4.69, 9.17) is 11.0 Å². The predicted octanol–water partition coefficient (Wildman–Crippen LogP) is 1.80. The summed E-state index contributed by atoms with van der Waals surface area (Å²) >= 11 is 0. The van der Waals surface area contributed by atoms with Crippen LogP contribution >= 0.6 is 0 Å². The van der Waals surface area contributed by atoms with Crippen LogP contribution in [0.2, 0.25) is 0 Å². The summed E-state index contributed by atoms with van der Waals surface area (Å²) in [7, 11) is 0. The normalized spacial score (nSPS) is 9.83. The number of nitrogens with one attached hydrogen (secondary N) is 2. The molecule has 0 unspecified atom stereocenters. The maximum absolute atomic E-state index is 13.7. The molecule has 0 heterocycles. The minimum atomic E-state index is -0.624. The van der Waals surface area contributed by atoms with E-state index in [0.29, 0.717) is 11.1 Å². The number of benzene rings is 2. The Labute approximate surface area is 138 Å². The molecular weight excluding hydrogens is 311 g/mol. The molecule has 0 aliphatic carbocycles. The van der Waals surface area contributed by atoms with Gasteiger partial charge in [-0.15, -0.1) is 0 Å². The van der Waals surface area contributed by atoms with Gasteiger partial charge in [-0.05, 0) is 29.8 Å². The third-order valence-corrected chi connectivity index (χ3v) is 3.30. The quantitative estimate of drug-likeness (QED) is 0.779. The molecule has 0 radical (unpaired) electrons. The molecule has 0 atom stereocenters. The largest absolute Gasteiger partial charge is 0.352 e. The van der Waals surface area contributed by atoms with Gasteiger partial charge >= 0.3 is 6.03 Å². The van der Waals surface area contributed by atoms with Gasteiger partial charge in [-0.2, -0.15) is 5.26 Å². The Bertz CT molecular complexity index is 797. The topological polar surface area (TPSA) is 108 Å². The summed E-state index contributed by atoms with van der Waals surface area (Å²) in [5.74, 6) is -0.893. The average Bonchev–Trinajstić information content (AvgIpc) is 2.59. The number of halogens is 1. The van der Waals surface area contributed by atoms with Gasteiger partial charge < -0.3 is 16.4 Å². The van der Waals surface area contributed by atoms with Crippen molar-refractivity contribution in [3.63, 3.8) is 0 Å². The first-order valence-electron chi connectivity index (χ1n) is 7.08. The maximum atomic E-state index is 13.7. The molecule has 0 aromatic heterocycles. The van der Waals surface area contributed by atoms with Crippen molar-refractivity contribution in [2.24, 2.45) is 5.73 Å². The molecule has 24 heavy (non-hydrogen) atoms. The van der Waals surface area contributed by atoms with Crippen LogP contribution in [0.5, 0.6) is 0 Å². The highest BCUT2D eigenvalue weighted by atomic mass is 19.1. The number of nitrogens with two attached hydrogens (primary N) is 1. The van der Waals surface area contributed by atoms with Gasteiger partial charge in [0, 0.05) is 24.2 Å². The molecule has 0 saturated carbocycles. The molecule has 6 nitrogen and oxygen atoms in total. The van der Waals surface area contributed by atoms with E-state index in [0.717, 1.165) is 11.6 Å². The van der Waals surface area contributed by atoms with E-state index in [2.05, 4.69) is 10.6 Å². The highest BCUT2D eigenvalue weighted by Gasteiger charge is 2.08. The van der Waals surface area contributed by atoms with Crippen molar-refractivity contribution >= 4 is 11.9 Å². The molecule has 4 N–H and O–H groups in total. The SMILES string of the molecule is N#Cc1ccc(CNC(=O)c2ccc(CNC(N)=O)cc2)c(F)c1. The van der Waals surface area contributed by atoms with Crippen LogP contribution in [-0.2, 0) is 13.1 Å². The zero-order valence-electron chi connectivity index (χ0n) is 12.7. The van der Waals surface area contributed by atoms with Crippen molar-refractivity contribution in [3.8, 4) is 6.07 Å². The molecule has 0 aliphatic heterocycles. The van der Waals surface area contributed by atoms with Gasteiger partial charge in [-0.1, -0.05) is 18.2 Å². The Morgan fingerprint density at radius 3 is 2.38 bits per heavy atom. The number of primary amides is 1. The molecule has 122 valence electrons. The first-order valence-corrected chi connectivity index (χ1v) is 7.08. The molecule has 2 aromatic carbocycles. The Morgan fingerprint density at radius 2 is 1.79 bits per heavy atom. The van der Waals surface area contributed by atoms with E-state index in [1.807, 2.05) is 6.07 Å². The summed E-state index contributed by atoms with van der Waals surface area (Å²) in [6.07, 6.45) is 0. The van der Waals surface area contributed by atoms with E-state index in [1.165, 1.54) is 12.1 Å². The van der Waals surface area contributed by atoms with Gasteiger partial charge in [0.25, 0.3) is 5.91 Å². The number of rotatable bonds is 5. The fraction of sp³-hybridized carbons (Fsp3) is 0.118. The third kappa shape index (κ3) is 4.55. The van der Waals surface area contributed by atoms with Crippen LogP contribution in [0.3, 0.4) is 0 Å². The smallest absolute Gasteiger partial charge is 0.312 e. The number of hydrogen-bond acceptors (Lipinski definition) is 3. The van der Waals surface area contributed by atoms with Gasteiger partial charge in [0.15, 0.2) is 0 Å². The highest BCUT2D eigenvalue weighted by molar-refractivity contribution is 5.94. The number of amides is 3. The summed E-state index contributed by atoms with van der Waals surface area (Å²) in [4.78, 5) is 22.7. The summed E-state index contributed by atoms with van der Waals surface area (Å²) in [6.45, 7) is 0.287. The van der Waals surface area contributed by atoms with Gasteiger partial charge in [0.2, 0.25) is 0 Å². The van der Waals surface area contributed by atoms with E-state index < -0.39 is 11.8 Å². The zero-order valence-corrected chi connectivity index (χ0v) is 12.7. The zero-order chi connectivity index (χ0) is 17.5. The van der Waals surface area contributed by atoms with Gasteiger partial charge in [-0.25, -0.2) is 9.18 Å². The number of carbonyl (C=O) groups is 2. The molecule has 0 spiro atoms. The van der Waals surface area contributed by atoms with Crippen LogP contribution in [0, 0.1) is 17.1 Å². The Morgan fingerprint density at radius 1 is 1.08 bits per heavy atom.